The minimum atomic E-state index is -1.67. The van der Waals surface area contributed by atoms with E-state index in [-0.39, 0.29) is 0 Å². The molecule has 1 atom stereocenters. The Morgan fingerprint density at radius 2 is 2.25 bits per heavy atom. The second-order valence-electron chi connectivity index (χ2n) is 2.18. The Hall–Kier alpha value is 0.183. The van der Waals surface area contributed by atoms with Gasteiger partial charge in [0.15, 0.2) is 0 Å². The van der Waals surface area contributed by atoms with Crippen LogP contribution in [0.4, 0.5) is 0 Å². The molecule has 75 valence electrons. The predicted molar refractivity (Wildman–Crippen MR) is 46.1 cm³/mol. The average Bonchev–Trinajstić information content (AvgIpc) is 2.03. The van der Waals surface area contributed by atoms with Crippen LogP contribution in [-0.2, 0) is 26.3 Å². The van der Waals surface area contributed by atoms with E-state index in [2.05, 4.69) is 6.58 Å². The van der Waals surface area contributed by atoms with E-state index < -0.39 is 22.9 Å². The van der Waals surface area contributed by atoms with Gasteiger partial charge in [0.05, 0.1) is 0 Å². The van der Waals surface area contributed by atoms with Crippen molar-refractivity contribution in [3.63, 3.8) is 0 Å². The third-order valence-corrected chi connectivity index (χ3v) is 6.06. The molecular formula is C7H16CoO3Si. The van der Waals surface area contributed by atoms with E-state index in [0.717, 1.165) is 4.51 Å². The molecule has 0 aromatic carbocycles. The Labute approximate surface area is 79.6 Å². The first-order valence-electron chi connectivity index (χ1n) is 3.68. The molecule has 5 heteroatoms. The van der Waals surface area contributed by atoms with E-state index in [0.29, 0.717) is 11.6 Å². The molecule has 0 saturated carbocycles. The molecule has 1 unspecified atom stereocenters. The van der Waals surface area contributed by atoms with Gasteiger partial charge < -0.3 is 0 Å². The Kier molecular flexibility index (Phi) is 6.77. The van der Waals surface area contributed by atoms with Crippen LogP contribution >= 0.6 is 0 Å². The van der Waals surface area contributed by atoms with Gasteiger partial charge in [-0.05, 0) is 0 Å². The van der Waals surface area contributed by atoms with Crippen molar-refractivity contribution in [1.29, 1.82) is 0 Å². The number of allylic oxidation sites excluding steroid dienone is 1. The molecule has 0 spiro atoms. The van der Waals surface area contributed by atoms with Gasteiger partial charge in [-0.25, -0.2) is 0 Å². The van der Waals surface area contributed by atoms with Gasteiger partial charge >= 0.3 is 79.2 Å². The van der Waals surface area contributed by atoms with Crippen molar-refractivity contribution < 1.29 is 26.3 Å². The molecule has 0 aliphatic carbocycles. The van der Waals surface area contributed by atoms with Gasteiger partial charge in [-0.2, -0.15) is 0 Å². The average molecular weight is 235 g/mol. The molecule has 0 bridgehead atoms. The van der Waals surface area contributed by atoms with Crippen molar-refractivity contribution in [2.24, 2.45) is 0 Å². The van der Waals surface area contributed by atoms with Crippen LogP contribution < -0.4 is 0 Å². The SMILES string of the molecule is C=[C](C)[Co](=[O])[CH2][SiH](OC)OCC. The van der Waals surface area contributed by atoms with Crippen LogP contribution in [0.5, 0.6) is 0 Å². The van der Waals surface area contributed by atoms with Crippen LogP contribution in [0.2, 0.25) is 4.98 Å². The Morgan fingerprint density at radius 1 is 1.67 bits per heavy atom. The summed E-state index contributed by atoms with van der Waals surface area (Å²) in [5, 5.41) is 0. The molecule has 0 rings (SSSR count). The van der Waals surface area contributed by atoms with Crippen LogP contribution in [0.1, 0.15) is 13.8 Å². The Balaban J connectivity index is 3.85. The number of hydrogen-bond donors (Lipinski definition) is 0. The maximum atomic E-state index is 11.3. The molecule has 0 N–H and O–H groups in total. The first-order valence-corrected chi connectivity index (χ1v) is 7.12. The summed E-state index contributed by atoms with van der Waals surface area (Å²) in [6, 6.07) is 0. The summed E-state index contributed by atoms with van der Waals surface area (Å²) in [6.45, 7) is 7.94. The zero-order valence-electron chi connectivity index (χ0n) is 7.76. The van der Waals surface area contributed by atoms with Gasteiger partial charge in [0, 0.05) is 0 Å². The fourth-order valence-electron chi connectivity index (χ4n) is 0.566. The number of rotatable bonds is 6. The zero-order valence-corrected chi connectivity index (χ0v) is 9.95. The monoisotopic (exact) mass is 235 g/mol. The van der Waals surface area contributed by atoms with Crippen molar-refractivity contribution in [2.45, 2.75) is 18.8 Å². The quantitative estimate of drug-likeness (QED) is 0.652. The molecule has 0 fully saturated rings. The van der Waals surface area contributed by atoms with Crippen molar-refractivity contribution in [3.8, 4) is 0 Å². The summed E-state index contributed by atoms with van der Waals surface area (Å²) >= 11 is -1.31. The van der Waals surface area contributed by atoms with Crippen LogP contribution in [0, 0.1) is 0 Å². The second-order valence-corrected chi connectivity index (χ2v) is 7.16. The molecule has 12 heavy (non-hydrogen) atoms. The summed E-state index contributed by atoms with van der Waals surface area (Å²) in [5.41, 5.74) is 0. The number of hydrogen-bond acceptors (Lipinski definition) is 3. The normalized spacial score (nSPS) is 14.1. The molecule has 0 aliphatic rings. The van der Waals surface area contributed by atoms with Gasteiger partial charge in [-0.15, -0.1) is 0 Å². The molecular weight excluding hydrogens is 219 g/mol. The third-order valence-electron chi connectivity index (χ3n) is 1.17. The summed E-state index contributed by atoms with van der Waals surface area (Å²) in [7, 11) is -0.0676. The van der Waals surface area contributed by atoms with Gasteiger partial charge in [-0.1, -0.05) is 0 Å². The van der Waals surface area contributed by atoms with Crippen molar-refractivity contribution in [1.82, 2.24) is 0 Å². The fourth-order valence-corrected chi connectivity index (χ4v) is 4.62. The standard InChI is InChI=1S/C4H11O2Si.C3H5.Co.O/c1-4-6-7(3)5-2;1-3-2;;/h7H,3-4H2,1-2H3;1H2,2H3;;. The molecule has 0 saturated heterocycles. The molecule has 0 aromatic rings. The van der Waals surface area contributed by atoms with Gasteiger partial charge in [0.25, 0.3) is 0 Å². The fraction of sp³-hybridized carbons (Fsp3) is 0.714. The predicted octanol–water partition coefficient (Wildman–Crippen LogP) is 1.34. The van der Waals surface area contributed by atoms with Gasteiger partial charge in [-0.3, -0.25) is 0 Å². The summed E-state index contributed by atoms with van der Waals surface area (Å²) in [4.78, 5) is 0.534. The summed E-state index contributed by atoms with van der Waals surface area (Å²) in [6.07, 6.45) is 0. The second kappa shape index (κ2) is 6.67. The van der Waals surface area contributed by atoms with Crippen molar-refractivity contribution in [2.75, 3.05) is 13.7 Å². The van der Waals surface area contributed by atoms with Crippen LogP contribution in [0.15, 0.2) is 11.1 Å². The Morgan fingerprint density at radius 3 is 2.58 bits per heavy atom. The first kappa shape index (κ1) is 12.2. The molecule has 0 amide bonds. The van der Waals surface area contributed by atoms with Gasteiger partial charge in [0.2, 0.25) is 0 Å². The third kappa shape index (κ3) is 4.94. The molecule has 0 aliphatic heterocycles. The van der Waals surface area contributed by atoms with Crippen LogP contribution in [-0.4, -0.2) is 23.0 Å². The van der Waals surface area contributed by atoms with E-state index in [1.807, 2.05) is 6.92 Å². The topological polar surface area (TPSA) is 35.5 Å². The maximum absolute atomic E-state index is 11.3. The molecule has 0 radical (unpaired) electrons. The van der Waals surface area contributed by atoms with E-state index in [4.69, 9.17) is 8.85 Å². The van der Waals surface area contributed by atoms with E-state index in [9.17, 15) is 3.87 Å². The van der Waals surface area contributed by atoms with E-state index in [1.165, 1.54) is 0 Å². The van der Waals surface area contributed by atoms with E-state index in [1.54, 1.807) is 14.0 Å². The van der Waals surface area contributed by atoms with Crippen molar-refractivity contribution in [3.05, 3.63) is 11.1 Å². The molecule has 3 nitrogen and oxygen atoms in total. The molecule has 0 aromatic heterocycles. The molecule has 0 heterocycles. The zero-order chi connectivity index (χ0) is 9.56. The Bertz CT molecular complexity index is 172. The summed E-state index contributed by atoms with van der Waals surface area (Å²) in [5.74, 6) is 0. The van der Waals surface area contributed by atoms with E-state index >= 15 is 0 Å². The van der Waals surface area contributed by atoms with Crippen LogP contribution in [0.3, 0.4) is 0 Å². The first-order chi connectivity index (χ1) is 5.61. The van der Waals surface area contributed by atoms with Gasteiger partial charge in [0.1, 0.15) is 0 Å². The van der Waals surface area contributed by atoms with Crippen LogP contribution in [0.25, 0.3) is 0 Å². The van der Waals surface area contributed by atoms with Crippen molar-refractivity contribution >= 4 is 9.28 Å². The summed E-state index contributed by atoms with van der Waals surface area (Å²) < 4.78 is 22.4. The minimum absolute atomic E-state index is 0.534.